The number of pyridine rings is 1. The van der Waals surface area contributed by atoms with Crippen LogP contribution in [-0.4, -0.2) is 17.1 Å². The highest BCUT2D eigenvalue weighted by atomic mass is 16.5. The molecule has 3 nitrogen and oxygen atoms in total. The Balaban J connectivity index is 1.87. The van der Waals surface area contributed by atoms with Crippen molar-refractivity contribution in [2.24, 2.45) is 16.7 Å². The van der Waals surface area contributed by atoms with Gasteiger partial charge in [0.15, 0.2) is 0 Å². The van der Waals surface area contributed by atoms with Crippen LogP contribution < -0.4 is 10.1 Å². The lowest BCUT2D eigenvalue weighted by Gasteiger charge is -2.43. The lowest BCUT2D eigenvalue weighted by atomic mass is 9.68. The number of nitrogens with zero attached hydrogens (tertiary/aromatic N) is 1. The Kier molecular flexibility index (Phi) is 3.42. The van der Waals surface area contributed by atoms with E-state index in [9.17, 15) is 0 Å². The molecular weight excluding hydrogens is 260 g/mol. The molecule has 1 unspecified atom stereocenters. The summed E-state index contributed by atoms with van der Waals surface area (Å²) in [5.41, 5.74) is 1.77. The number of rotatable bonds is 4. The minimum atomic E-state index is 0.143. The SMILES string of the molecule is CC(C)Oc1ncccc1NC1C(C)(C)[C@H]2CC[C@]1(C)C2. The van der Waals surface area contributed by atoms with Crippen LogP contribution in [0.5, 0.6) is 5.88 Å². The van der Waals surface area contributed by atoms with Gasteiger partial charge in [0.25, 0.3) is 0 Å². The van der Waals surface area contributed by atoms with Crippen LogP contribution in [0, 0.1) is 16.7 Å². The van der Waals surface area contributed by atoms with E-state index in [0.717, 1.165) is 17.5 Å². The summed E-state index contributed by atoms with van der Waals surface area (Å²) in [5.74, 6) is 1.57. The number of nitrogens with one attached hydrogen (secondary N) is 1. The Labute approximate surface area is 128 Å². The van der Waals surface area contributed by atoms with E-state index in [1.54, 1.807) is 6.20 Å². The fraction of sp³-hybridized carbons (Fsp3) is 0.722. The summed E-state index contributed by atoms with van der Waals surface area (Å²) in [5, 5.41) is 3.79. The molecule has 2 aliphatic rings. The van der Waals surface area contributed by atoms with Crippen LogP contribution in [0.3, 0.4) is 0 Å². The van der Waals surface area contributed by atoms with E-state index >= 15 is 0 Å². The molecule has 2 bridgehead atoms. The van der Waals surface area contributed by atoms with Crippen molar-refractivity contribution >= 4 is 5.69 Å². The molecule has 2 saturated carbocycles. The Bertz CT molecular complexity index is 521. The first-order valence-electron chi connectivity index (χ1n) is 8.21. The van der Waals surface area contributed by atoms with E-state index in [0.29, 0.717) is 16.9 Å². The van der Waals surface area contributed by atoms with Gasteiger partial charge in [-0.3, -0.25) is 0 Å². The molecule has 3 heteroatoms. The first kappa shape index (κ1) is 14.7. The van der Waals surface area contributed by atoms with Crippen molar-refractivity contribution in [1.82, 2.24) is 4.98 Å². The largest absolute Gasteiger partial charge is 0.473 e. The minimum absolute atomic E-state index is 0.143. The average Bonchev–Trinajstić information content (AvgIpc) is 2.87. The Morgan fingerprint density at radius 2 is 2.10 bits per heavy atom. The van der Waals surface area contributed by atoms with Gasteiger partial charge in [-0.1, -0.05) is 20.8 Å². The number of anilines is 1. The van der Waals surface area contributed by atoms with Crippen molar-refractivity contribution in [3.8, 4) is 5.88 Å². The summed E-state index contributed by atoms with van der Waals surface area (Å²) >= 11 is 0. The maximum atomic E-state index is 5.86. The molecule has 2 aliphatic carbocycles. The molecule has 0 aromatic carbocycles. The van der Waals surface area contributed by atoms with Gasteiger partial charge in [0.2, 0.25) is 5.88 Å². The molecule has 0 spiro atoms. The number of hydrogen-bond acceptors (Lipinski definition) is 3. The summed E-state index contributed by atoms with van der Waals surface area (Å²) in [6.07, 6.45) is 6.00. The van der Waals surface area contributed by atoms with Gasteiger partial charge in [0.05, 0.1) is 11.8 Å². The number of fused-ring (bicyclic) bond motifs is 2. The zero-order chi connectivity index (χ0) is 15.3. The molecule has 0 radical (unpaired) electrons. The summed E-state index contributed by atoms with van der Waals surface area (Å²) in [7, 11) is 0. The third-order valence-corrected chi connectivity index (χ3v) is 5.69. The second kappa shape index (κ2) is 4.89. The van der Waals surface area contributed by atoms with Crippen LogP contribution in [0.4, 0.5) is 5.69 Å². The predicted molar refractivity (Wildman–Crippen MR) is 86.6 cm³/mol. The van der Waals surface area contributed by atoms with Crippen LogP contribution in [-0.2, 0) is 0 Å². The van der Waals surface area contributed by atoms with E-state index in [1.807, 2.05) is 19.9 Å². The predicted octanol–water partition coefficient (Wildman–Crippen LogP) is 4.50. The maximum Gasteiger partial charge on any atom is 0.237 e. The first-order chi connectivity index (χ1) is 9.83. The lowest BCUT2D eigenvalue weighted by molar-refractivity contribution is 0.154. The third kappa shape index (κ3) is 2.41. The third-order valence-electron chi connectivity index (χ3n) is 5.69. The van der Waals surface area contributed by atoms with Crippen molar-refractivity contribution < 1.29 is 4.74 Å². The second-order valence-corrected chi connectivity index (χ2v) is 8.02. The van der Waals surface area contributed by atoms with Crippen molar-refractivity contribution in [1.29, 1.82) is 0 Å². The van der Waals surface area contributed by atoms with Crippen LogP contribution in [0.25, 0.3) is 0 Å². The van der Waals surface area contributed by atoms with Crippen molar-refractivity contribution in [3.05, 3.63) is 18.3 Å². The van der Waals surface area contributed by atoms with Gasteiger partial charge in [-0.2, -0.15) is 0 Å². The van der Waals surface area contributed by atoms with E-state index in [2.05, 4.69) is 37.1 Å². The monoisotopic (exact) mass is 288 g/mol. The molecule has 1 heterocycles. The van der Waals surface area contributed by atoms with Gasteiger partial charge in [0.1, 0.15) is 0 Å². The highest BCUT2D eigenvalue weighted by molar-refractivity contribution is 5.54. The number of ether oxygens (including phenoxy) is 1. The molecule has 3 rings (SSSR count). The molecule has 0 amide bonds. The van der Waals surface area contributed by atoms with E-state index < -0.39 is 0 Å². The zero-order valence-electron chi connectivity index (χ0n) is 13.9. The van der Waals surface area contributed by atoms with Crippen LogP contribution in [0.15, 0.2) is 18.3 Å². The Morgan fingerprint density at radius 1 is 1.33 bits per heavy atom. The standard InChI is InChI=1S/C18H28N2O/c1-12(2)21-15-14(7-6-10-19-15)20-16-17(3,4)13-8-9-18(16,5)11-13/h6-7,10,12-13,16,20H,8-9,11H2,1-5H3/t13-,16?,18+/m0/s1. The molecule has 0 aliphatic heterocycles. The molecular formula is C18H28N2O. The smallest absolute Gasteiger partial charge is 0.237 e. The molecule has 116 valence electrons. The molecule has 21 heavy (non-hydrogen) atoms. The van der Waals surface area contributed by atoms with Gasteiger partial charge in [-0.05, 0) is 62.0 Å². The van der Waals surface area contributed by atoms with Crippen molar-refractivity contribution in [2.75, 3.05) is 5.32 Å². The van der Waals surface area contributed by atoms with Gasteiger partial charge < -0.3 is 10.1 Å². The quantitative estimate of drug-likeness (QED) is 0.886. The summed E-state index contributed by atoms with van der Waals surface area (Å²) in [6, 6.07) is 4.57. The highest BCUT2D eigenvalue weighted by Crippen LogP contribution is 2.63. The summed E-state index contributed by atoms with van der Waals surface area (Å²) < 4.78 is 5.86. The van der Waals surface area contributed by atoms with Crippen LogP contribution >= 0.6 is 0 Å². The second-order valence-electron chi connectivity index (χ2n) is 8.02. The highest BCUT2D eigenvalue weighted by Gasteiger charge is 2.59. The Hall–Kier alpha value is -1.25. The van der Waals surface area contributed by atoms with E-state index in [4.69, 9.17) is 4.74 Å². The van der Waals surface area contributed by atoms with Gasteiger partial charge in [-0.15, -0.1) is 0 Å². The van der Waals surface area contributed by atoms with E-state index in [1.165, 1.54) is 19.3 Å². The molecule has 2 fully saturated rings. The van der Waals surface area contributed by atoms with Gasteiger partial charge in [-0.25, -0.2) is 4.98 Å². The number of aromatic nitrogens is 1. The molecule has 1 aromatic heterocycles. The van der Waals surface area contributed by atoms with Crippen molar-refractivity contribution in [2.45, 2.75) is 66.0 Å². The molecule has 3 atom stereocenters. The maximum absolute atomic E-state index is 5.86. The fourth-order valence-electron chi connectivity index (χ4n) is 4.64. The van der Waals surface area contributed by atoms with Crippen LogP contribution in [0.2, 0.25) is 0 Å². The molecule has 1 N–H and O–H groups in total. The Morgan fingerprint density at radius 3 is 2.71 bits per heavy atom. The molecule has 0 saturated heterocycles. The first-order valence-corrected chi connectivity index (χ1v) is 8.21. The zero-order valence-corrected chi connectivity index (χ0v) is 13.9. The van der Waals surface area contributed by atoms with Crippen molar-refractivity contribution in [3.63, 3.8) is 0 Å². The minimum Gasteiger partial charge on any atom is -0.473 e. The normalized spacial score (nSPS) is 33.4. The van der Waals surface area contributed by atoms with Gasteiger partial charge >= 0.3 is 0 Å². The molecule has 1 aromatic rings. The lowest BCUT2D eigenvalue weighted by Crippen LogP contribution is -2.45. The van der Waals surface area contributed by atoms with E-state index in [-0.39, 0.29) is 6.10 Å². The fourth-order valence-corrected chi connectivity index (χ4v) is 4.64. The number of hydrogen-bond donors (Lipinski definition) is 1. The van der Waals surface area contributed by atoms with Gasteiger partial charge in [0, 0.05) is 12.2 Å². The topological polar surface area (TPSA) is 34.1 Å². The summed E-state index contributed by atoms with van der Waals surface area (Å²) in [6.45, 7) is 11.4. The van der Waals surface area contributed by atoms with Crippen LogP contribution in [0.1, 0.15) is 53.9 Å². The average molecular weight is 288 g/mol. The summed E-state index contributed by atoms with van der Waals surface area (Å²) in [4.78, 5) is 4.41.